The predicted molar refractivity (Wildman–Crippen MR) is 115 cm³/mol. The highest BCUT2D eigenvalue weighted by molar-refractivity contribution is 8.00. The lowest BCUT2D eigenvalue weighted by Crippen LogP contribution is -2.19. The lowest BCUT2D eigenvalue weighted by molar-refractivity contribution is -0.118. The highest BCUT2D eigenvalue weighted by atomic mass is 35.5. The third-order valence-electron chi connectivity index (χ3n) is 4.15. The van der Waals surface area contributed by atoms with Gasteiger partial charge in [0.1, 0.15) is 5.75 Å². The van der Waals surface area contributed by atoms with Crippen molar-refractivity contribution in [2.24, 2.45) is 5.10 Å². The van der Waals surface area contributed by atoms with E-state index in [4.69, 9.17) is 11.6 Å². The Morgan fingerprint density at radius 2 is 1.86 bits per heavy atom. The predicted octanol–water partition coefficient (Wildman–Crippen LogP) is 4.70. The van der Waals surface area contributed by atoms with Crippen LogP contribution in [-0.4, -0.2) is 27.5 Å². The second-order valence-electron chi connectivity index (χ2n) is 6.21. The molecule has 0 aliphatic heterocycles. The van der Waals surface area contributed by atoms with Crippen molar-refractivity contribution >= 4 is 35.5 Å². The minimum absolute atomic E-state index is 0.177. The Morgan fingerprint density at radius 1 is 1.18 bits per heavy atom. The number of hydrogen-bond donors (Lipinski definition) is 2. The van der Waals surface area contributed by atoms with Gasteiger partial charge in [-0.2, -0.15) is 5.10 Å². The number of aromatic nitrogens is 1. The van der Waals surface area contributed by atoms with Crippen molar-refractivity contribution in [1.82, 2.24) is 9.99 Å². The third kappa shape index (κ3) is 4.97. The first-order valence-corrected chi connectivity index (χ1v) is 9.99. The van der Waals surface area contributed by atoms with Crippen LogP contribution in [-0.2, 0) is 4.79 Å². The number of amides is 1. The summed E-state index contributed by atoms with van der Waals surface area (Å²) in [6.07, 6.45) is 1.64. The fourth-order valence-corrected chi connectivity index (χ4v) is 3.62. The molecule has 1 amide bonds. The van der Waals surface area contributed by atoms with Crippen molar-refractivity contribution in [3.63, 3.8) is 0 Å². The van der Waals surface area contributed by atoms with E-state index in [9.17, 15) is 9.90 Å². The number of nitrogens with one attached hydrogen (secondary N) is 1. The van der Waals surface area contributed by atoms with E-state index in [0.29, 0.717) is 5.02 Å². The number of carbonyl (C=O) groups is 1. The van der Waals surface area contributed by atoms with Gasteiger partial charge in [0.25, 0.3) is 0 Å². The number of hydrazone groups is 1. The standard InChI is InChI=1S/C21H20ClN3O2S/c1-14-11-16(15(2)25(14)18-5-7-19(26)8-6-18)12-23-24-21(27)13-28-20-9-3-17(22)4-10-20/h3-12,26H,13H2,1-2H3,(H,24,27)/b23-12-. The minimum Gasteiger partial charge on any atom is -0.508 e. The summed E-state index contributed by atoms with van der Waals surface area (Å²) in [4.78, 5) is 13.0. The van der Waals surface area contributed by atoms with Gasteiger partial charge in [-0.1, -0.05) is 11.6 Å². The van der Waals surface area contributed by atoms with Gasteiger partial charge in [-0.15, -0.1) is 11.8 Å². The van der Waals surface area contributed by atoms with Crippen LogP contribution in [0.5, 0.6) is 5.75 Å². The first-order valence-electron chi connectivity index (χ1n) is 8.62. The number of phenolic OH excluding ortho intramolecular Hbond substituents is 1. The molecule has 2 aromatic carbocycles. The Balaban J connectivity index is 1.61. The van der Waals surface area contributed by atoms with Crippen molar-refractivity contribution in [3.05, 3.63) is 76.6 Å². The summed E-state index contributed by atoms with van der Waals surface area (Å²) in [5.74, 6) is 0.321. The minimum atomic E-state index is -0.177. The number of thioether (sulfide) groups is 1. The molecule has 1 aromatic heterocycles. The molecule has 0 spiro atoms. The van der Waals surface area contributed by atoms with Gasteiger partial charge in [0.2, 0.25) is 5.91 Å². The molecule has 28 heavy (non-hydrogen) atoms. The summed E-state index contributed by atoms with van der Waals surface area (Å²) in [5.41, 5.74) is 6.46. The maximum atomic E-state index is 12.0. The molecule has 7 heteroatoms. The van der Waals surface area contributed by atoms with Gasteiger partial charge >= 0.3 is 0 Å². The molecule has 3 rings (SSSR count). The molecule has 2 N–H and O–H groups in total. The molecule has 0 aliphatic rings. The average Bonchev–Trinajstić information content (AvgIpc) is 2.96. The zero-order valence-electron chi connectivity index (χ0n) is 15.5. The second-order valence-corrected chi connectivity index (χ2v) is 7.70. The van der Waals surface area contributed by atoms with Crippen LogP contribution in [0.25, 0.3) is 5.69 Å². The largest absolute Gasteiger partial charge is 0.508 e. The van der Waals surface area contributed by atoms with Crippen molar-refractivity contribution in [1.29, 1.82) is 0 Å². The fraction of sp³-hybridized carbons (Fsp3) is 0.143. The normalized spacial score (nSPS) is 11.1. The summed E-state index contributed by atoms with van der Waals surface area (Å²) in [6, 6.07) is 16.4. The number of benzene rings is 2. The molecule has 0 unspecified atom stereocenters. The summed E-state index contributed by atoms with van der Waals surface area (Å²) < 4.78 is 2.07. The molecule has 0 bridgehead atoms. The first-order chi connectivity index (χ1) is 13.4. The highest BCUT2D eigenvalue weighted by Gasteiger charge is 2.09. The molecule has 3 aromatic rings. The van der Waals surface area contributed by atoms with Gasteiger partial charge in [-0.25, -0.2) is 5.43 Å². The maximum absolute atomic E-state index is 12.0. The lowest BCUT2D eigenvalue weighted by atomic mass is 10.2. The van der Waals surface area contributed by atoms with Gasteiger partial charge < -0.3 is 9.67 Å². The van der Waals surface area contributed by atoms with Crippen LogP contribution < -0.4 is 5.43 Å². The fourth-order valence-electron chi connectivity index (χ4n) is 2.80. The van der Waals surface area contributed by atoms with Crippen molar-refractivity contribution in [2.75, 3.05) is 5.75 Å². The number of aryl methyl sites for hydroxylation is 1. The van der Waals surface area contributed by atoms with Crippen LogP contribution in [0.4, 0.5) is 0 Å². The lowest BCUT2D eigenvalue weighted by Gasteiger charge is -2.09. The maximum Gasteiger partial charge on any atom is 0.250 e. The molecular weight excluding hydrogens is 394 g/mol. The highest BCUT2D eigenvalue weighted by Crippen LogP contribution is 2.22. The van der Waals surface area contributed by atoms with E-state index in [2.05, 4.69) is 15.1 Å². The van der Waals surface area contributed by atoms with Crippen LogP contribution in [0.3, 0.4) is 0 Å². The van der Waals surface area contributed by atoms with E-state index in [0.717, 1.165) is 27.5 Å². The molecule has 5 nitrogen and oxygen atoms in total. The topological polar surface area (TPSA) is 66.6 Å². The number of hydrogen-bond acceptors (Lipinski definition) is 4. The Morgan fingerprint density at radius 3 is 2.54 bits per heavy atom. The molecule has 144 valence electrons. The number of halogens is 1. The van der Waals surface area contributed by atoms with Crippen molar-refractivity contribution < 1.29 is 9.90 Å². The quantitative estimate of drug-likeness (QED) is 0.350. The van der Waals surface area contributed by atoms with Gasteiger partial charge in [0, 0.05) is 32.6 Å². The number of phenols is 1. The van der Waals surface area contributed by atoms with Gasteiger partial charge in [-0.3, -0.25) is 4.79 Å². The van der Waals surface area contributed by atoms with Crippen LogP contribution in [0.1, 0.15) is 17.0 Å². The number of nitrogens with zero attached hydrogens (tertiary/aromatic N) is 2. The van der Waals surface area contributed by atoms with E-state index in [1.54, 1.807) is 30.5 Å². The molecule has 0 fully saturated rings. The molecule has 0 saturated carbocycles. The first kappa shape index (κ1) is 20.0. The molecule has 1 heterocycles. The SMILES string of the molecule is Cc1cc(/C=N\NC(=O)CSc2ccc(Cl)cc2)c(C)n1-c1ccc(O)cc1. The average molecular weight is 414 g/mol. The van der Waals surface area contributed by atoms with Crippen molar-refractivity contribution in [3.8, 4) is 11.4 Å². The molecule has 0 saturated heterocycles. The monoisotopic (exact) mass is 413 g/mol. The van der Waals surface area contributed by atoms with E-state index in [-0.39, 0.29) is 17.4 Å². The smallest absolute Gasteiger partial charge is 0.250 e. The van der Waals surface area contributed by atoms with E-state index >= 15 is 0 Å². The van der Waals surface area contributed by atoms with Gasteiger partial charge in [-0.05, 0) is 68.4 Å². The Bertz CT molecular complexity index is 996. The van der Waals surface area contributed by atoms with E-state index < -0.39 is 0 Å². The van der Waals surface area contributed by atoms with Crippen LogP contribution in [0, 0.1) is 13.8 Å². The number of rotatable bonds is 6. The molecule has 0 atom stereocenters. The zero-order valence-corrected chi connectivity index (χ0v) is 17.1. The Kier molecular flexibility index (Phi) is 6.44. The molecule has 0 aliphatic carbocycles. The van der Waals surface area contributed by atoms with Crippen molar-refractivity contribution in [2.45, 2.75) is 18.7 Å². The van der Waals surface area contributed by atoms with Crippen LogP contribution >= 0.6 is 23.4 Å². The summed E-state index contributed by atoms with van der Waals surface area (Å²) in [5, 5.41) is 14.2. The van der Waals surface area contributed by atoms with E-state index in [1.165, 1.54) is 11.8 Å². The van der Waals surface area contributed by atoms with Gasteiger partial charge in [0.15, 0.2) is 0 Å². The van der Waals surface area contributed by atoms with Gasteiger partial charge in [0.05, 0.1) is 12.0 Å². The zero-order chi connectivity index (χ0) is 20.1. The van der Waals surface area contributed by atoms with Crippen LogP contribution in [0.15, 0.2) is 64.6 Å². The Hall–Kier alpha value is -2.70. The Labute approximate surface area is 173 Å². The molecular formula is C21H20ClN3O2S. The summed E-state index contributed by atoms with van der Waals surface area (Å²) in [7, 11) is 0. The second kappa shape index (κ2) is 8.99. The van der Waals surface area contributed by atoms with Crippen LogP contribution in [0.2, 0.25) is 5.02 Å². The summed E-state index contributed by atoms with van der Waals surface area (Å²) >= 11 is 7.27. The third-order valence-corrected chi connectivity index (χ3v) is 5.42. The summed E-state index contributed by atoms with van der Waals surface area (Å²) in [6.45, 7) is 3.98. The number of carbonyl (C=O) groups excluding carboxylic acids is 1. The number of aromatic hydroxyl groups is 1. The molecule has 0 radical (unpaired) electrons. The van der Waals surface area contributed by atoms with E-state index in [1.807, 2.05) is 44.2 Å².